The van der Waals surface area contributed by atoms with E-state index in [2.05, 4.69) is 15.9 Å². The third kappa shape index (κ3) is 3.20. The van der Waals surface area contributed by atoms with Crippen LogP contribution in [-0.4, -0.2) is 31.1 Å². The van der Waals surface area contributed by atoms with Gasteiger partial charge in [-0.1, -0.05) is 0 Å². The summed E-state index contributed by atoms with van der Waals surface area (Å²) in [5, 5.41) is 9.03. The number of carboxylic acids is 1. The first-order valence-electron chi connectivity index (χ1n) is 6.66. The molecular formula is C15H17BrO5. The molecule has 1 aromatic carbocycles. The van der Waals surface area contributed by atoms with Crippen LogP contribution in [0.15, 0.2) is 16.6 Å². The van der Waals surface area contributed by atoms with Crippen molar-refractivity contribution in [2.24, 2.45) is 11.8 Å². The Labute approximate surface area is 131 Å². The largest absolute Gasteiger partial charge is 0.493 e. The number of hydrogen-bond donors (Lipinski definition) is 1. The molecule has 21 heavy (non-hydrogen) atoms. The number of methoxy groups -OCH3 is 2. The third-order valence-electron chi connectivity index (χ3n) is 3.89. The summed E-state index contributed by atoms with van der Waals surface area (Å²) in [5.74, 6) is -0.519. The van der Waals surface area contributed by atoms with Crippen molar-refractivity contribution in [2.45, 2.75) is 19.3 Å². The van der Waals surface area contributed by atoms with E-state index >= 15 is 0 Å². The van der Waals surface area contributed by atoms with Crippen molar-refractivity contribution in [1.29, 1.82) is 0 Å². The molecule has 0 amide bonds. The zero-order valence-electron chi connectivity index (χ0n) is 11.9. The summed E-state index contributed by atoms with van der Waals surface area (Å²) in [6, 6.07) is 3.33. The Bertz CT molecular complexity index is 569. The second kappa shape index (κ2) is 6.47. The highest BCUT2D eigenvalue weighted by Gasteiger charge is 2.35. The molecule has 1 aromatic rings. The minimum Gasteiger partial charge on any atom is -0.493 e. The highest BCUT2D eigenvalue weighted by Crippen LogP contribution is 2.38. The van der Waals surface area contributed by atoms with Crippen molar-refractivity contribution in [3.8, 4) is 11.5 Å². The first-order valence-corrected chi connectivity index (χ1v) is 7.45. The summed E-state index contributed by atoms with van der Waals surface area (Å²) < 4.78 is 11.0. The number of halogens is 1. The number of carbonyl (C=O) groups is 2. The van der Waals surface area contributed by atoms with Crippen LogP contribution in [0.4, 0.5) is 0 Å². The van der Waals surface area contributed by atoms with Crippen LogP contribution in [-0.2, 0) is 4.79 Å². The summed E-state index contributed by atoms with van der Waals surface area (Å²) >= 11 is 3.37. The van der Waals surface area contributed by atoms with Crippen molar-refractivity contribution in [1.82, 2.24) is 0 Å². The molecule has 0 aliphatic heterocycles. The van der Waals surface area contributed by atoms with Crippen molar-refractivity contribution in [3.05, 3.63) is 22.2 Å². The van der Waals surface area contributed by atoms with Gasteiger partial charge in [0, 0.05) is 16.0 Å². The summed E-state index contributed by atoms with van der Waals surface area (Å²) in [6.45, 7) is 0. The van der Waals surface area contributed by atoms with Crippen LogP contribution in [0.1, 0.15) is 29.6 Å². The van der Waals surface area contributed by atoms with Crippen LogP contribution < -0.4 is 9.47 Å². The second-order valence-corrected chi connectivity index (χ2v) is 5.95. The van der Waals surface area contributed by atoms with Crippen LogP contribution in [0.25, 0.3) is 0 Å². The van der Waals surface area contributed by atoms with Gasteiger partial charge in [-0.3, -0.25) is 9.59 Å². The number of carbonyl (C=O) groups excluding carboxylic acids is 1. The Morgan fingerprint density at radius 2 is 1.71 bits per heavy atom. The molecule has 114 valence electrons. The van der Waals surface area contributed by atoms with Crippen LogP contribution in [0, 0.1) is 11.8 Å². The van der Waals surface area contributed by atoms with E-state index in [4.69, 9.17) is 14.6 Å². The molecular weight excluding hydrogens is 340 g/mol. The second-order valence-electron chi connectivity index (χ2n) is 5.10. The van der Waals surface area contributed by atoms with E-state index in [0.29, 0.717) is 40.8 Å². The van der Waals surface area contributed by atoms with Gasteiger partial charge in [0.2, 0.25) is 0 Å². The number of ether oxygens (including phenoxy) is 2. The summed E-state index contributed by atoms with van der Waals surface area (Å²) in [5.41, 5.74) is 0.503. The molecule has 1 aliphatic carbocycles. The van der Waals surface area contributed by atoms with E-state index < -0.39 is 11.9 Å². The standard InChI is InChI=1S/C15H17BrO5/c1-20-12-6-10(11(16)7-13(12)21-2)14(17)8-3-4-9(5-8)15(18)19/h6-9H,3-5H2,1-2H3,(H,18,19). The molecule has 0 aromatic heterocycles. The van der Waals surface area contributed by atoms with Crippen LogP contribution >= 0.6 is 15.9 Å². The Balaban J connectivity index is 2.26. The van der Waals surface area contributed by atoms with Crippen molar-refractivity contribution >= 4 is 27.7 Å². The predicted octanol–water partition coefficient (Wildman–Crippen LogP) is 3.15. The van der Waals surface area contributed by atoms with Gasteiger partial charge in [0.15, 0.2) is 17.3 Å². The molecule has 2 atom stereocenters. The highest BCUT2D eigenvalue weighted by molar-refractivity contribution is 9.10. The molecule has 2 rings (SSSR count). The number of Topliss-reactive ketones (excluding diaryl/α,β-unsaturated/α-hetero) is 1. The Hall–Kier alpha value is -1.56. The molecule has 0 bridgehead atoms. The number of benzene rings is 1. The minimum atomic E-state index is -0.823. The highest BCUT2D eigenvalue weighted by atomic mass is 79.9. The van der Waals surface area contributed by atoms with E-state index in [1.54, 1.807) is 12.1 Å². The van der Waals surface area contributed by atoms with Crippen molar-refractivity contribution in [3.63, 3.8) is 0 Å². The Morgan fingerprint density at radius 3 is 2.24 bits per heavy atom. The SMILES string of the molecule is COc1cc(Br)c(C(=O)C2CCC(C(=O)O)C2)cc1OC. The van der Waals surface area contributed by atoms with E-state index in [9.17, 15) is 9.59 Å². The molecule has 0 radical (unpaired) electrons. The lowest BCUT2D eigenvalue weighted by Crippen LogP contribution is -2.15. The summed E-state index contributed by atoms with van der Waals surface area (Å²) in [4.78, 5) is 23.6. The molecule has 0 saturated heterocycles. The molecule has 1 N–H and O–H groups in total. The first-order chi connectivity index (χ1) is 9.97. The van der Waals surface area contributed by atoms with E-state index in [1.807, 2.05) is 0 Å². The third-order valence-corrected chi connectivity index (χ3v) is 4.55. The quantitative estimate of drug-likeness (QED) is 0.820. The number of rotatable bonds is 5. The Kier molecular flexibility index (Phi) is 4.88. The lowest BCUT2D eigenvalue weighted by Gasteiger charge is -2.14. The van der Waals surface area contributed by atoms with Gasteiger partial charge in [0.25, 0.3) is 0 Å². The molecule has 1 saturated carbocycles. The fourth-order valence-electron chi connectivity index (χ4n) is 2.71. The normalized spacial score (nSPS) is 21.1. The Morgan fingerprint density at radius 1 is 1.14 bits per heavy atom. The lowest BCUT2D eigenvalue weighted by atomic mass is 9.95. The average Bonchev–Trinajstić information content (AvgIpc) is 2.96. The van der Waals surface area contributed by atoms with E-state index in [1.165, 1.54) is 14.2 Å². The number of hydrogen-bond acceptors (Lipinski definition) is 4. The summed E-state index contributed by atoms with van der Waals surface area (Å²) in [7, 11) is 3.04. The van der Waals surface area contributed by atoms with Gasteiger partial charge in [-0.15, -0.1) is 0 Å². The fourth-order valence-corrected chi connectivity index (χ4v) is 3.22. The van der Waals surface area contributed by atoms with Crippen LogP contribution in [0.5, 0.6) is 11.5 Å². The van der Waals surface area contributed by atoms with Gasteiger partial charge in [-0.05, 0) is 47.3 Å². The summed E-state index contributed by atoms with van der Waals surface area (Å²) in [6.07, 6.45) is 1.56. The number of carboxylic acid groups (broad SMARTS) is 1. The monoisotopic (exact) mass is 356 g/mol. The molecule has 0 heterocycles. The fraction of sp³-hybridized carbons (Fsp3) is 0.467. The molecule has 1 fully saturated rings. The van der Waals surface area contributed by atoms with Gasteiger partial charge in [-0.25, -0.2) is 0 Å². The zero-order chi connectivity index (χ0) is 15.6. The number of ketones is 1. The molecule has 5 nitrogen and oxygen atoms in total. The van der Waals surface area contributed by atoms with Crippen molar-refractivity contribution < 1.29 is 24.2 Å². The zero-order valence-corrected chi connectivity index (χ0v) is 13.5. The van der Waals surface area contributed by atoms with Crippen molar-refractivity contribution in [2.75, 3.05) is 14.2 Å². The average molecular weight is 357 g/mol. The maximum absolute atomic E-state index is 12.6. The van der Waals surface area contributed by atoms with Gasteiger partial charge < -0.3 is 14.6 Å². The van der Waals surface area contributed by atoms with E-state index in [0.717, 1.165) is 0 Å². The molecule has 2 unspecified atom stereocenters. The minimum absolute atomic E-state index is 0.0495. The smallest absolute Gasteiger partial charge is 0.306 e. The van der Waals surface area contributed by atoms with Gasteiger partial charge in [0.1, 0.15) is 0 Å². The molecule has 1 aliphatic rings. The number of aliphatic carboxylic acids is 1. The first kappa shape index (κ1) is 15.8. The maximum atomic E-state index is 12.6. The van der Waals surface area contributed by atoms with E-state index in [-0.39, 0.29) is 11.7 Å². The molecule has 6 heteroatoms. The predicted molar refractivity (Wildman–Crippen MR) is 80.0 cm³/mol. The van der Waals surface area contributed by atoms with Gasteiger partial charge >= 0.3 is 5.97 Å². The van der Waals surface area contributed by atoms with Crippen LogP contribution in [0.3, 0.4) is 0 Å². The van der Waals surface area contributed by atoms with Gasteiger partial charge in [-0.2, -0.15) is 0 Å². The molecule has 0 spiro atoms. The maximum Gasteiger partial charge on any atom is 0.306 e. The van der Waals surface area contributed by atoms with Gasteiger partial charge in [0.05, 0.1) is 20.1 Å². The lowest BCUT2D eigenvalue weighted by molar-refractivity contribution is -0.141. The van der Waals surface area contributed by atoms with Crippen LogP contribution in [0.2, 0.25) is 0 Å². The topological polar surface area (TPSA) is 72.8 Å².